The van der Waals surface area contributed by atoms with Gasteiger partial charge in [-0.3, -0.25) is 0 Å². The molecule has 10 heteroatoms. The molecule has 0 saturated carbocycles. The average Bonchev–Trinajstić information content (AvgIpc) is 3.17. The minimum Gasteiger partial charge on any atom is -0.505 e. The van der Waals surface area contributed by atoms with Gasteiger partial charge in [-0.25, -0.2) is 0 Å². The standard InChI is InChI=1S/C25H34F3N3O3Si/c1-7-33-35(6,34-8-2)13-9-10-17-14-19(24(3,4)5)16-22(23(17)32)31-29-20-12-11-18(25(26,27)28)15-21(20)30-31/h11-12,14-16,32H,7-10,13H2,1-6H3. The SMILES string of the molecule is CCO[Si](C)(CCCc1cc(C(C)(C)C)cc(-n2nc3ccc(C(F)(F)F)cc3n2)c1O)OCC. The summed E-state index contributed by atoms with van der Waals surface area (Å²) >= 11 is 0. The molecule has 1 aromatic heterocycles. The zero-order valence-electron chi connectivity index (χ0n) is 21.2. The molecule has 0 aliphatic heterocycles. The van der Waals surface area contributed by atoms with Gasteiger partial charge in [0.1, 0.15) is 22.5 Å². The van der Waals surface area contributed by atoms with E-state index < -0.39 is 20.3 Å². The largest absolute Gasteiger partial charge is 0.505 e. The van der Waals surface area contributed by atoms with Gasteiger partial charge in [-0.2, -0.15) is 13.2 Å². The summed E-state index contributed by atoms with van der Waals surface area (Å²) in [6.07, 6.45) is -3.13. The third-order valence-corrected chi connectivity index (χ3v) is 8.99. The molecule has 0 aliphatic carbocycles. The van der Waals surface area contributed by atoms with Crippen LogP contribution in [-0.2, 0) is 26.9 Å². The number of hydrogen-bond donors (Lipinski definition) is 1. The van der Waals surface area contributed by atoms with E-state index in [-0.39, 0.29) is 16.7 Å². The Labute approximate surface area is 205 Å². The number of phenolic OH excluding ortho intramolecular Hbond substituents is 1. The Morgan fingerprint density at radius 3 is 2.14 bits per heavy atom. The molecule has 35 heavy (non-hydrogen) atoms. The van der Waals surface area contributed by atoms with Crippen LogP contribution in [0.2, 0.25) is 12.6 Å². The first-order valence-corrected chi connectivity index (χ1v) is 14.4. The minimum atomic E-state index is -4.47. The van der Waals surface area contributed by atoms with Crippen molar-refractivity contribution in [1.29, 1.82) is 0 Å². The number of phenols is 1. The summed E-state index contributed by atoms with van der Waals surface area (Å²) in [4.78, 5) is 1.22. The van der Waals surface area contributed by atoms with Crippen LogP contribution in [0.4, 0.5) is 13.2 Å². The van der Waals surface area contributed by atoms with Crippen LogP contribution in [-0.4, -0.2) is 41.9 Å². The predicted octanol–water partition coefficient (Wildman–Crippen LogP) is 6.52. The molecule has 1 heterocycles. The number of benzene rings is 2. The lowest BCUT2D eigenvalue weighted by Crippen LogP contribution is -2.38. The van der Waals surface area contributed by atoms with Crippen molar-refractivity contribution >= 4 is 19.6 Å². The molecule has 0 fully saturated rings. The number of hydrogen-bond acceptors (Lipinski definition) is 5. The number of nitrogens with zero attached hydrogens (tertiary/aromatic N) is 3. The van der Waals surface area contributed by atoms with Crippen LogP contribution in [0, 0.1) is 0 Å². The molecular formula is C25H34F3N3O3Si. The number of alkyl halides is 3. The van der Waals surface area contributed by atoms with Gasteiger partial charge in [-0.05, 0) is 80.1 Å². The van der Waals surface area contributed by atoms with E-state index in [0.29, 0.717) is 30.8 Å². The van der Waals surface area contributed by atoms with Gasteiger partial charge in [-0.1, -0.05) is 26.8 Å². The van der Waals surface area contributed by atoms with Gasteiger partial charge in [0.15, 0.2) is 0 Å². The van der Waals surface area contributed by atoms with Gasteiger partial charge >= 0.3 is 14.7 Å². The van der Waals surface area contributed by atoms with E-state index in [4.69, 9.17) is 8.85 Å². The van der Waals surface area contributed by atoms with Crippen LogP contribution in [0.1, 0.15) is 57.7 Å². The van der Waals surface area contributed by atoms with Gasteiger partial charge in [0.05, 0.1) is 5.56 Å². The van der Waals surface area contributed by atoms with Gasteiger partial charge in [-0.15, -0.1) is 15.0 Å². The van der Waals surface area contributed by atoms with Crippen molar-refractivity contribution in [3.63, 3.8) is 0 Å². The average molecular weight is 510 g/mol. The Hall–Kier alpha value is -2.43. The summed E-state index contributed by atoms with van der Waals surface area (Å²) in [5.41, 5.74) is 1.44. The molecule has 2 aromatic carbocycles. The molecule has 6 nitrogen and oxygen atoms in total. The summed E-state index contributed by atoms with van der Waals surface area (Å²) in [6.45, 7) is 13.3. The molecular weight excluding hydrogens is 475 g/mol. The van der Waals surface area contributed by atoms with Crippen LogP contribution in [0.5, 0.6) is 5.75 Å². The highest BCUT2D eigenvalue weighted by atomic mass is 28.4. The highest BCUT2D eigenvalue weighted by Crippen LogP contribution is 2.35. The van der Waals surface area contributed by atoms with Crippen LogP contribution in [0.15, 0.2) is 30.3 Å². The van der Waals surface area contributed by atoms with E-state index in [0.717, 1.165) is 35.7 Å². The lowest BCUT2D eigenvalue weighted by atomic mass is 9.85. The summed E-state index contributed by atoms with van der Waals surface area (Å²) in [5, 5.41) is 19.8. The molecule has 0 unspecified atom stereocenters. The predicted molar refractivity (Wildman–Crippen MR) is 132 cm³/mol. The van der Waals surface area contributed by atoms with E-state index in [1.165, 1.54) is 10.9 Å². The number of aromatic nitrogens is 3. The van der Waals surface area contributed by atoms with E-state index in [2.05, 4.69) is 31.0 Å². The minimum absolute atomic E-state index is 0.0190. The normalized spacial score (nSPS) is 13.1. The summed E-state index contributed by atoms with van der Waals surface area (Å²) in [7, 11) is -2.30. The fraction of sp³-hybridized carbons (Fsp3) is 0.520. The Kier molecular flexibility index (Phi) is 7.98. The summed E-state index contributed by atoms with van der Waals surface area (Å²) in [5.74, 6) is 0.0190. The second-order valence-electron chi connectivity index (χ2n) is 9.80. The molecule has 192 valence electrons. The van der Waals surface area contributed by atoms with E-state index in [1.54, 1.807) is 6.07 Å². The van der Waals surface area contributed by atoms with E-state index in [9.17, 15) is 18.3 Å². The van der Waals surface area contributed by atoms with Crippen molar-refractivity contribution in [3.8, 4) is 11.4 Å². The first kappa shape index (κ1) is 27.2. The first-order chi connectivity index (χ1) is 16.3. The maximum atomic E-state index is 13.1. The Morgan fingerprint density at radius 1 is 0.943 bits per heavy atom. The molecule has 0 aliphatic rings. The van der Waals surface area contributed by atoms with Crippen molar-refractivity contribution in [1.82, 2.24) is 15.0 Å². The van der Waals surface area contributed by atoms with Crippen LogP contribution in [0.25, 0.3) is 16.7 Å². The topological polar surface area (TPSA) is 69.4 Å². The Bertz CT molecular complexity index is 1170. The fourth-order valence-corrected chi connectivity index (χ4v) is 6.46. The second-order valence-corrected chi connectivity index (χ2v) is 13.1. The van der Waals surface area contributed by atoms with Crippen LogP contribution >= 0.6 is 0 Å². The number of halogens is 3. The number of fused-ring (bicyclic) bond motifs is 1. The third-order valence-electron chi connectivity index (χ3n) is 5.93. The lowest BCUT2D eigenvalue weighted by Gasteiger charge is -2.26. The number of aromatic hydroxyl groups is 1. The monoisotopic (exact) mass is 509 g/mol. The number of aryl methyl sites for hydroxylation is 1. The molecule has 0 atom stereocenters. The zero-order chi connectivity index (χ0) is 26.0. The summed E-state index contributed by atoms with van der Waals surface area (Å²) in [6, 6.07) is 7.78. The molecule has 0 radical (unpaired) electrons. The smallest absolute Gasteiger partial charge is 0.416 e. The fourth-order valence-electron chi connectivity index (χ4n) is 4.05. The lowest BCUT2D eigenvalue weighted by molar-refractivity contribution is -0.137. The van der Waals surface area contributed by atoms with E-state index in [1.807, 2.05) is 26.5 Å². The maximum Gasteiger partial charge on any atom is 0.416 e. The van der Waals surface area contributed by atoms with E-state index >= 15 is 0 Å². The van der Waals surface area contributed by atoms with Gasteiger partial charge in [0, 0.05) is 13.2 Å². The van der Waals surface area contributed by atoms with Gasteiger partial charge in [0.25, 0.3) is 0 Å². The highest BCUT2D eigenvalue weighted by Gasteiger charge is 2.32. The summed E-state index contributed by atoms with van der Waals surface area (Å²) < 4.78 is 51.3. The van der Waals surface area contributed by atoms with Crippen molar-refractivity contribution in [2.24, 2.45) is 0 Å². The van der Waals surface area contributed by atoms with Gasteiger partial charge < -0.3 is 14.0 Å². The zero-order valence-corrected chi connectivity index (χ0v) is 22.2. The molecule has 0 bridgehead atoms. The molecule has 3 aromatic rings. The molecule has 3 rings (SSSR count). The molecule has 0 amide bonds. The van der Waals surface area contributed by atoms with Crippen molar-refractivity contribution in [2.75, 3.05) is 13.2 Å². The Morgan fingerprint density at radius 2 is 1.57 bits per heavy atom. The molecule has 0 saturated heterocycles. The van der Waals surface area contributed by atoms with Crippen molar-refractivity contribution < 1.29 is 27.1 Å². The van der Waals surface area contributed by atoms with Gasteiger partial charge in [0.2, 0.25) is 0 Å². The number of rotatable bonds is 9. The maximum absolute atomic E-state index is 13.1. The van der Waals surface area contributed by atoms with Crippen molar-refractivity contribution in [3.05, 3.63) is 47.0 Å². The third kappa shape index (κ3) is 6.42. The Balaban J connectivity index is 1.99. The molecule has 1 N–H and O–H groups in total. The second kappa shape index (κ2) is 10.3. The quantitative estimate of drug-likeness (QED) is 0.333. The first-order valence-electron chi connectivity index (χ1n) is 11.9. The molecule has 0 spiro atoms. The van der Waals surface area contributed by atoms with Crippen molar-refractivity contribution in [2.45, 2.75) is 71.6 Å². The highest BCUT2D eigenvalue weighted by molar-refractivity contribution is 6.66. The van der Waals surface area contributed by atoms with Crippen LogP contribution < -0.4 is 0 Å². The van der Waals surface area contributed by atoms with Crippen LogP contribution in [0.3, 0.4) is 0 Å².